The summed E-state index contributed by atoms with van der Waals surface area (Å²) in [6.45, 7) is 17.6. The molecule has 1 unspecified atom stereocenters. The van der Waals surface area contributed by atoms with Crippen molar-refractivity contribution in [3.8, 4) is 11.5 Å². The number of carbonyl (C=O) groups excluding carboxylic acids is 2. The van der Waals surface area contributed by atoms with Gasteiger partial charge >= 0.3 is 5.97 Å². The summed E-state index contributed by atoms with van der Waals surface area (Å²) in [5.41, 5.74) is 1.27. The lowest BCUT2D eigenvalue weighted by molar-refractivity contribution is -0.138. The monoisotopic (exact) mass is 459 g/mol. The second kappa shape index (κ2) is 14.0. The van der Waals surface area contributed by atoms with Crippen LogP contribution >= 0.6 is 0 Å². The Bertz CT molecular complexity index is 866. The van der Waals surface area contributed by atoms with E-state index in [1.165, 1.54) is 20.3 Å². The Labute approximate surface area is 197 Å². The fraction of sp³-hybridized carbons (Fsp3) is 0.480. The number of amides is 1. The molecule has 0 saturated heterocycles. The standard InChI is InChI=1S/C25H37N3O5/c1-9-14-28(23(26-6)18(4)10-2)16-15-27(11-3)24(29)19(5)33-21-13-12-20(25(30)32-8)17-22(21)31-7/h10,12-13,17,19H,2,6,9,11,14-16H2,1,3-5,7-8H3/b23-18+. The molecule has 1 atom stereocenters. The van der Waals surface area contributed by atoms with Gasteiger partial charge < -0.3 is 24.0 Å². The zero-order valence-corrected chi connectivity index (χ0v) is 20.7. The average Bonchev–Trinajstić information content (AvgIpc) is 2.83. The number of nitrogens with zero attached hydrogens (tertiary/aromatic N) is 3. The first-order chi connectivity index (χ1) is 15.8. The van der Waals surface area contributed by atoms with E-state index in [1.807, 2.05) is 13.8 Å². The number of aliphatic imine (C=N–C) groups is 1. The quantitative estimate of drug-likeness (QED) is 0.238. The molecule has 0 saturated carbocycles. The van der Waals surface area contributed by atoms with Crippen LogP contribution in [0.1, 0.15) is 44.5 Å². The number of esters is 1. The van der Waals surface area contributed by atoms with E-state index in [0.717, 1.165) is 24.4 Å². The number of allylic oxidation sites excluding steroid dienone is 2. The van der Waals surface area contributed by atoms with E-state index in [2.05, 4.69) is 30.1 Å². The van der Waals surface area contributed by atoms with Crippen molar-refractivity contribution < 1.29 is 23.8 Å². The number of likely N-dealkylation sites (N-methyl/N-ethyl adjacent to an activating group) is 1. The number of hydrogen-bond acceptors (Lipinski definition) is 7. The predicted octanol–water partition coefficient (Wildman–Crippen LogP) is 3.93. The number of carbonyl (C=O) groups is 2. The van der Waals surface area contributed by atoms with Gasteiger partial charge in [-0.25, -0.2) is 9.79 Å². The molecule has 0 fully saturated rings. The van der Waals surface area contributed by atoms with Gasteiger partial charge in [-0.2, -0.15) is 0 Å². The van der Waals surface area contributed by atoms with Gasteiger partial charge in [0.15, 0.2) is 17.6 Å². The van der Waals surface area contributed by atoms with E-state index in [9.17, 15) is 9.59 Å². The van der Waals surface area contributed by atoms with Crippen molar-refractivity contribution in [2.45, 2.75) is 40.2 Å². The molecule has 0 aliphatic heterocycles. The molecular formula is C25H37N3O5. The van der Waals surface area contributed by atoms with Crippen LogP contribution in [0, 0.1) is 0 Å². The Kier molecular flexibility index (Phi) is 11.8. The lowest BCUT2D eigenvalue weighted by Crippen LogP contribution is -2.44. The van der Waals surface area contributed by atoms with Crippen LogP contribution in [0.4, 0.5) is 0 Å². The number of methoxy groups -OCH3 is 2. The van der Waals surface area contributed by atoms with Crippen molar-refractivity contribution in [3.63, 3.8) is 0 Å². The molecule has 1 amide bonds. The van der Waals surface area contributed by atoms with Crippen LogP contribution in [0.15, 0.2) is 47.2 Å². The molecule has 0 bridgehead atoms. The molecule has 0 heterocycles. The van der Waals surface area contributed by atoms with E-state index in [4.69, 9.17) is 14.2 Å². The zero-order chi connectivity index (χ0) is 25.0. The van der Waals surface area contributed by atoms with Gasteiger partial charge in [0.2, 0.25) is 0 Å². The van der Waals surface area contributed by atoms with Crippen molar-refractivity contribution in [2.75, 3.05) is 40.4 Å². The summed E-state index contributed by atoms with van der Waals surface area (Å²) in [7, 11) is 2.78. The van der Waals surface area contributed by atoms with E-state index in [0.29, 0.717) is 36.7 Å². The molecule has 33 heavy (non-hydrogen) atoms. The number of ether oxygens (including phenoxy) is 3. The molecule has 182 valence electrons. The van der Waals surface area contributed by atoms with E-state index < -0.39 is 12.1 Å². The molecule has 0 spiro atoms. The van der Waals surface area contributed by atoms with Crippen LogP contribution in [-0.4, -0.2) is 74.9 Å². The van der Waals surface area contributed by atoms with E-state index >= 15 is 0 Å². The highest BCUT2D eigenvalue weighted by molar-refractivity contribution is 5.90. The van der Waals surface area contributed by atoms with Gasteiger partial charge in [0.1, 0.15) is 5.82 Å². The smallest absolute Gasteiger partial charge is 0.337 e. The molecule has 0 radical (unpaired) electrons. The predicted molar refractivity (Wildman–Crippen MR) is 131 cm³/mol. The second-order valence-electron chi connectivity index (χ2n) is 7.39. The highest BCUT2D eigenvalue weighted by Gasteiger charge is 2.23. The normalized spacial score (nSPS) is 12.2. The Hall–Kier alpha value is -3.29. The largest absolute Gasteiger partial charge is 0.493 e. The molecule has 0 aliphatic carbocycles. The average molecular weight is 460 g/mol. The third kappa shape index (κ3) is 7.66. The second-order valence-corrected chi connectivity index (χ2v) is 7.39. The van der Waals surface area contributed by atoms with Gasteiger partial charge in [-0.15, -0.1) is 0 Å². The van der Waals surface area contributed by atoms with Gasteiger partial charge in [0.25, 0.3) is 5.91 Å². The van der Waals surface area contributed by atoms with Crippen molar-refractivity contribution >= 4 is 18.6 Å². The zero-order valence-electron chi connectivity index (χ0n) is 20.7. The van der Waals surface area contributed by atoms with Crippen LogP contribution < -0.4 is 9.47 Å². The first-order valence-electron chi connectivity index (χ1n) is 11.0. The van der Waals surface area contributed by atoms with Gasteiger partial charge in [0.05, 0.1) is 19.8 Å². The molecular weight excluding hydrogens is 422 g/mol. The minimum atomic E-state index is -0.745. The van der Waals surface area contributed by atoms with Crippen LogP contribution in [0.2, 0.25) is 0 Å². The lowest BCUT2D eigenvalue weighted by atomic mass is 10.2. The summed E-state index contributed by atoms with van der Waals surface area (Å²) in [5.74, 6) is 0.867. The van der Waals surface area contributed by atoms with Gasteiger partial charge in [-0.3, -0.25) is 4.79 Å². The number of rotatable bonds is 14. The maximum Gasteiger partial charge on any atom is 0.337 e. The molecule has 8 heteroatoms. The summed E-state index contributed by atoms with van der Waals surface area (Å²) >= 11 is 0. The summed E-state index contributed by atoms with van der Waals surface area (Å²) < 4.78 is 16.0. The third-order valence-electron chi connectivity index (χ3n) is 5.17. The van der Waals surface area contributed by atoms with Gasteiger partial charge in [-0.1, -0.05) is 19.6 Å². The van der Waals surface area contributed by atoms with Crippen LogP contribution in [0.25, 0.3) is 0 Å². The molecule has 1 aromatic rings. The van der Waals surface area contributed by atoms with Crippen molar-refractivity contribution in [1.29, 1.82) is 0 Å². The van der Waals surface area contributed by atoms with Crippen LogP contribution in [-0.2, 0) is 9.53 Å². The molecule has 0 aromatic heterocycles. The fourth-order valence-electron chi connectivity index (χ4n) is 3.33. The first-order valence-corrected chi connectivity index (χ1v) is 11.0. The molecule has 1 rings (SSSR count). The van der Waals surface area contributed by atoms with Gasteiger partial charge in [0, 0.05) is 26.2 Å². The van der Waals surface area contributed by atoms with E-state index in [-0.39, 0.29) is 5.91 Å². The van der Waals surface area contributed by atoms with E-state index in [1.54, 1.807) is 30.0 Å². The van der Waals surface area contributed by atoms with Crippen LogP contribution in [0.3, 0.4) is 0 Å². The summed E-state index contributed by atoms with van der Waals surface area (Å²) in [4.78, 5) is 32.9. The van der Waals surface area contributed by atoms with Crippen molar-refractivity contribution in [2.24, 2.45) is 4.99 Å². The van der Waals surface area contributed by atoms with Gasteiger partial charge in [-0.05, 0) is 57.7 Å². The highest BCUT2D eigenvalue weighted by atomic mass is 16.5. The number of hydrogen-bond donors (Lipinski definition) is 0. The topological polar surface area (TPSA) is 80.7 Å². The van der Waals surface area contributed by atoms with Crippen LogP contribution in [0.5, 0.6) is 11.5 Å². The fourth-order valence-corrected chi connectivity index (χ4v) is 3.33. The summed E-state index contributed by atoms with van der Waals surface area (Å²) in [6, 6.07) is 4.69. The third-order valence-corrected chi connectivity index (χ3v) is 5.17. The number of benzene rings is 1. The molecule has 0 aliphatic rings. The Morgan fingerprint density at radius 3 is 2.30 bits per heavy atom. The molecule has 8 nitrogen and oxygen atoms in total. The molecule has 0 N–H and O–H groups in total. The Balaban J connectivity index is 2.95. The Morgan fingerprint density at radius 1 is 1.12 bits per heavy atom. The first kappa shape index (κ1) is 27.7. The lowest BCUT2D eigenvalue weighted by Gasteiger charge is -2.30. The molecule has 1 aromatic carbocycles. The highest BCUT2D eigenvalue weighted by Crippen LogP contribution is 2.29. The summed E-state index contributed by atoms with van der Waals surface area (Å²) in [6.07, 6.45) is 1.94. The minimum Gasteiger partial charge on any atom is -0.493 e. The maximum atomic E-state index is 13.1. The van der Waals surface area contributed by atoms with Crippen molar-refractivity contribution in [3.05, 3.63) is 47.8 Å². The minimum absolute atomic E-state index is 0.148. The van der Waals surface area contributed by atoms with Crippen molar-refractivity contribution in [1.82, 2.24) is 9.80 Å². The maximum absolute atomic E-state index is 13.1. The SMILES string of the molecule is C=C/C(C)=C(\N=C)N(CCC)CCN(CC)C(=O)C(C)Oc1ccc(C(=O)OC)cc1OC. The Morgan fingerprint density at radius 2 is 1.79 bits per heavy atom. The summed E-state index contributed by atoms with van der Waals surface area (Å²) in [5, 5.41) is 0.